The maximum atomic E-state index is 12.9. The summed E-state index contributed by atoms with van der Waals surface area (Å²) in [6.07, 6.45) is 2.26. The first kappa shape index (κ1) is 16.2. The minimum Gasteiger partial charge on any atom is -0.397 e. The SMILES string of the molecule is CCCc1ccc2c(=O)n(C3CCC(=O)NC3=O)c(C)nc2c1N. The van der Waals surface area contributed by atoms with Crippen LogP contribution < -0.4 is 16.6 Å². The fourth-order valence-corrected chi connectivity index (χ4v) is 3.22. The molecule has 2 heterocycles. The van der Waals surface area contributed by atoms with Crippen LogP contribution in [0.25, 0.3) is 10.9 Å². The number of amides is 2. The zero-order valence-electron chi connectivity index (χ0n) is 13.8. The Morgan fingerprint density at radius 1 is 1.33 bits per heavy atom. The van der Waals surface area contributed by atoms with Crippen molar-refractivity contribution in [3.63, 3.8) is 0 Å². The largest absolute Gasteiger partial charge is 0.397 e. The summed E-state index contributed by atoms with van der Waals surface area (Å²) in [6.45, 7) is 3.74. The van der Waals surface area contributed by atoms with Crippen LogP contribution in [0.3, 0.4) is 0 Å². The fourth-order valence-electron chi connectivity index (χ4n) is 3.22. The molecule has 3 rings (SSSR count). The average molecular weight is 328 g/mol. The van der Waals surface area contributed by atoms with E-state index in [0.717, 1.165) is 18.4 Å². The molecule has 2 amide bonds. The van der Waals surface area contributed by atoms with E-state index in [2.05, 4.69) is 17.2 Å². The molecule has 0 bridgehead atoms. The van der Waals surface area contributed by atoms with Gasteiger partial charge in [-0.05, 0) is 31.4 Å². The Morgan fingerprint density at radius 3 is 2.75 bits per heavy atom. The Balaban J connectivity index is 2.18. The number of benzene rings is 1. The molecular formula is C17H20N4O3. The molecule has 0 radical (unpaired) electrons. The molecular weight excluding hydrogens is 308 g/mol. The number of anilines is 1. The summed E-state index contributed by atoms with van der Waals surface area (Å²) in [5.41, 5.74) is 7.84. The van der Waals surface area contributed by atoms with Gasteiger partial charge >= 0.3 is 0 Å². The van der Waals surface area contributed by atoms with Gasteiger partial charge in [0, 0.05) is 6.42 Å². The number of nitrogens with zero attached hydrogens (tertiary/aromatic N) is 2. The number of carbonyl (C=O) groups is 2. The minimum atomic E-state index is -0.719. The lowest BCUT2D eigenvalue weighted by atomic mass is 10.0. The Hall–Kier alpha value is -2.70. The number of carbonyl (C=O) groups excluding carboxylic acids is 2. The summed E-state index contributed by atoms with van der Waals surface area (Å²) >= 11 is 0. The molecule has 1 aliphatic heterocycles. The maximum absolute atomic E-state index is 12.9. The molecule has 1 atom stereocenters. The van der Waals surface area contributed by atoms with Crippen LogP contribution in [0.15, 0.2) is 16.9 Å². The van der Waals surface area contributed by atoms with Crippen molar-refractivity contribution < 1.29 is 9.59 Å². The minimum absolute atomic E-state index is 0.206. The Kier molecular flexibility index (Phi) is 4.09. The molecule has 1 saturated heterocycles. The third-order valence-corrected chi connectivity index (χ3v) is 4.42. The van der Waals surface area contributed by atoms with E-state index in [-0.39, 0.29) is 17.9 Å². The van der Waals surface area contributed by atoms with Crippen LogP contribution in [0.1, 0.15) is 43.6 Å². The van der Waals surface area contributed by atoms with Crippen LogP contribution in [0.2, 0.25) is 0 Å². The predicted molar refractivity (Wildman–Crippen MR) is 90.6 cm³/mol. The fraction of sp³-hybridized carbons (Fsp3) is 0.412. The van der Waals surface area contributed by atoms with E-state index in [0.29, 0.717) is 28.8 Å². The number of nitrogen functional groups attached to an aromatic ring is 1. The van der Waals surface area contributed by atoms with E-state index < -0.39 is 11.9 Å². The number of fused-ring (bicyclic) bond motifs is 1. The zero-order chi connectivity index (χ0) is 17.4. The predicted octanol–water partition coefficient (Wildman–Crippen LogP) is 1.22. The van der Waals surface area contributed by atoms with Crippen molar-refractivity contribution in [1.29, 1.82) is 0 Å². The molecule has 1 fully saturated rings. The molecule has 24 heavy (non-hydrogen) atoms. The summed E-state index contributed by atoms with van der Waals surface area (Å²) in [4.78, 5) is 40.8. The molecule has 1 aliphatic rings. The average Bonchev–Trinajstić information content (AvgIpc) is 2.53. The molecule has 7 nitrogen and oxygen atoms in total. The number of aryl methyl sites for hydroxylation is 2. The third kappa shape index (κ3) is 2.55. The standard InChI is InChI=1S/C17H20N4O3/c1-3-4-10-5-6-11-15(14(10)18)19-9(2)21(17(11)24)12-7-8-13(22)20-16(12)23/h5-6,12H,3-4,7-8,18H2,1-2H3,(H,20,22,23). The van der Waals surface area contributed by atoms with Gasteiger partial charge in [-0.1, -0.05) is 19.4 Å². The molecule has 126 valence electrons. The van der Waals surface area contributed by atoms with Crippen molar-refractivity contribution in [3.05, 3.63) is 33.9 Å². The van der Waals surface area contributed by atoms with Gasteiger partial charge < -0.3 is 5.73 Å². The molecule has 2 aromatic rings. The van der Waals surface area contributed by atoms with Crippen molar-refractivity contribution in [1.82, 2.24) is 14.9 Å². The lowest BCUT2D eigenvalue weighted by molar-refractivity contribution is -0.135. The van der Waals surface area contributed by atoms with Crippen molar-refractivity contribution in [2.75, 3.05) is 5.73 Å². The van der Waals surface area contributed by atoms with Crippen LogP contribution in [-0.4, -0.2) is 21.4 Å². The highest BCUT2D eigenvalue weighted by molar-refractivity contribution is 5.99. The van der Waals surface area contributed by atoms with Gasteiger partial charge in [0.25, 0.3) is 5.56 Å². The van der Waals surface area contributed by atoms with Crippen molar-refractivity contribution >= 4 is 28.4 Å². The zero-order valence-corrected chi connectivity index (χ0v) is 13.8. The van der Waals surface area contributed by atoms with Gasteiger partial charge in [0.1, 0.15) is 17.4 Å². The highest BCUT2D eigenvalue weighted by atomic mass is 16.2. The van der Waals surface area contributed by atoms with Crippen LogP contribution in [0.4, 0.5) is 5.69 Å². The number of piperidine rings is 1. The number of aromatic nitrogens is 2. The summed E-state index contributed by atoms with van der Waals surface area (Å²) in [7, 11) is 0. The quantitative estimate of drug-likeness (QED) is 0.650. The van der Waals surface area contributed by atoms with E-state index in [4.69, 9.17) is 5.73 Å². The summed E-state index contributed by atoms with van der Waals surface area (Å²) in [5.74, 6) is -0.361. The first-order valence-electron chi connectivity index (χ1n) is 8.08. The van der Waals surface area contributed by atoms with Crippen molar-refractivity contribution in [2.45, 2.75) is 45.6 Å². The van der Waals surface area contributed by atoms with Crippen LogP contribution in [0.5, 0.6) is 0 Å². The van der Waals surface area contributed by atoms with Gasteiger partial charge in [0.05, 0.1) is 11.1 Å². The number of nitrogens with two attached hydrogens (primary N) is 1. The number of nitrogens with one attached hydrogen (secondary N) is 1. The first-order valence-corrected chi connectivity index (χ1v) is 8.08. The van der Waals surface area contributed by atoms with E-state index in [1.165, 1.54) is 4.57 Å². The van der Waals surface area contributed by atoms with Crippen LogP contribution in [-0.2, 0) is 16.0 Å². The van der Waals surface area contributed by atoms with Gasteiger partial charge in [-0.25, -0.2) is 4.98 Å². The second kappa shape index (κ2) is 6.07. The third-order valence-electron chi connectivity index (χ3n) is 4.42. The Bertz CT molecular complexity index is 901. The second-order valence-electron chi connectivity index (χ2n) is 6.09. The molecule has 3 N–H and O–H groups in total. The molecule has 1 aromatic heterocycles. The van der Waals surface area contributed by atoms with Gasteiger partial charge in [0.2, 0.25) is 11.8 Å². The van der Waals surface area contributed by atoms with E-state index in [9.17, 15) is 14.4 Å². The van der Waals surface area contributed by atoms with Gasteiger partial charge in [0.15, 0.2) is 0 Å². The van der Waals surface area contributed by atoms with Crippen molar-refractivity contribution in [2.24, 2.45) is 0 Å². The highest BCUT2D eigenvalue weighted by Gasteiger charge is 2.30. The van der Waals surface area contributed by atoms with E-state index in [1.54, 1.807) is 13.0 Å². The molecule has 0 saturated carbocycles. The highest BCUT2D eigenvalue weighted by Crippen LogP contribution is 2.25. The molecule has 7 heteroatoms. The topological polar surface area (TPSA) is 107 Å². The second-order valence-corrected chi connectivity index (χ2v) is 6.09. The van der Waals surface area contributed by atoms with Gasteiger partial charge in [-0.15, -0.1) is 0 Å². The molecule has 1 unspecified atom stereocenters. The summed E-state index contributed by atoms with van der Waals surface area (Å²) < 4.78 is 1.36. The van der Waals surface area contributed by atoms with Gasteiger partial charge in [-0.2, -0.15) is 0 Å². The van der Waals surface area contributed by atoms with Crippen LogP contribution >= 0.6 is 0 Å². The summed E-state index contributed by atoms with van der Waals surface area (Å²) in [6, 6.07) is 2.84. The lowest BCUT2D eigenvalue weighted by Crippen LogP contribution is -2.45. The maximum Gasteiger partial charge on any atom is 0.262 e. The lowest BCUT2D eigenvalue weighted by Gasteiger charge is -2.24. The molecule has 1 aromatic carbocycles. The van der Waals surface area contributed by atoms with Crippen LogP contribution in [0, 0.1) is 6.92 Å². The number of hydrogen-bond donors (Lipinski definition) is 2. The molecule has 0 spiro atoms. The summed E-state index contributed by atoms with van der Waals surface area (Å²) in [5, 5.41) is 2.67. The number of imide groups is 1. The van der Waals surface area contributed by atoms with E-state index >= 15 is 0 Å². The smallest absolute Gasteiger partial charge is 0.262 e. The number of rotatable bonds is 3. The monoisotopic (exact) mass is 328 g/mol. The Labute approximate surface area is 138 Å². The number of hydrogen-bond acceptors (Lipinski definition) is 5. The Morgan fingerprint density at radius 2 is 2.08 bits per heavy atom. The molecule has 0 aliphatic carbocycles. The first-order chi connectivity index (χ1) is 11.4. The van der Waals surface area contributed by atoms with E-state index in [1.807, 2.05) is 6.07 Å². The normalized spacial score (nSPS) is 18.0. The van der Waals surface area contributed by atoms with Gasteiger partial charge in [-0.3, -0.25) is 24.3 Å². The van der Waals surface area contributed by atoms with Crippen molar-refractivity contribution in [3.8, 4) is 0 Å².